The molecule has 1 aliphatic rings. The van der Waals surface area contributed by atoms with E-state index in [1.54, 1.807) is 0 Å². The van der Waals surface area contributed by atoms with Gasteiger partial charge in [-0.2, -0.15) is 4.98 Å². The van der Waals surface area contributed by atoms with Crippen LogP contribution in [-0.4, -0.2) is 16.7 Å². The predicted molar refractivity (Wildman–Crippen MR) is 48.2 cm³/mol. The van der Waals surface area contributed by atoms with E-state index in [1.165, 1.54) is 0 Å². The Hall–Kier alpha value is -0.900. The zero-order chi connectivity index (χ0) is 9.47. The van der Waals surface area contributed by atoms with Gasteiger partial charge < -0.3 is 10.3 Å². The van der Waals surface area contributed by atoms with E-state index in [9.17, 15) is 0 Å². The van der Waals surface area contributed by atoms with E-state index in [0.717, 1.165) is 18.1 Å². The van der Waals surface area contributed by atoms with Crippen molar-refractivity contribution in [2.24, 2.45) is 11.1 Å². The Morgan fingerprint density at radius 2 is 2.31 bits per heavy atom. The second kappa shape index (κ2) is 2.80. The molecule has 72 valence electrons. The lowest BCUT2D eigenvalue weighted by Gasteiger charge is -1.95. The van der Waals surface area contributed by atoms with Crippen LogP contribution >= 0.6 is 0 Å². The van der Waals surface area contributed by atoms with Crippen LogP contribution in [0, 0.1) is 5.41 Å². The van der Waals surface area contributed by atoms with Gasteiger partial charge in [0.1, 0.15) is 0 Å². The molecule has 13 heavy (non-hydrogen) atoms. The van der Waals surface area contributed by atoms with Gasteiger partial charge in [0.25, 0.3) is 0 Å². The van der Waals surface area contributed by atoms with Crippen LogP contribution < -0.4 is 5.73 Å². The van der Waals surface area contributed by atoms with Crippen LogP contribution in [0.3, 0.4) is 0 Å². The van der Waals surface area contributed by atoms with Crippen molar-refractivity contribution in [3.8, 4) is 0 Å². The van der Waals surface area contributed by atoms with Gasteiger partial charge in [0.15, 0.2) is 5.82 Å². The molecule has 0 radical (unpaired) electrons. The molecule has 4 heteroatoms. The van der Waals surface area contributed by atoms with Crippen LogP contribution in [0.2, 0.25) is 0 Å². The summed E-state index contributed by atoms with van der Waals surface area (Å²) in [6.45, 7) is 5.00. The van der Waals surface area contributed by atoms with Gasteiger partial charge in [-0.3, -0.25) is 0 Å². The van der Waals surface area contributed by atoms with Gasteiger partial charge in [-0.25, -0.2) is 0 Å². The molecule has 0 spiro atoms. The number of aromatic nitrogens is 2. The van der Waals surface area contributed by atoms with Crippen molar-refractivity contribution in [1.82, 2.24) is 10.1 Å². The van der Waals surface area contributed by atoms with Gasteiger partial charge in [-0.1, -0.05) is 19.0 Å². The molecule has 0 aliphatic heterocycles. The second-order valence-corrected chi connectivity index (χ2v) is 4.33. The van der Waals surface area contributed by atoms with Crippen LogP contribution in [0.25, 0.3) is 0 Å². The highest BCUT2D eigenvalue weighted by Gasteiger charge is 2.50. The Balaban J connectivity index is 2.07. The van der Waals surface area contributed by atoms with Crippen molar-refractivity contribution in [3.63, 3.8) is 0 Å². The molecule has 0 aromatic carbocycles. The molecule has 1 aromatic rings. The molecular formula is C9H15N3O. The minimum atomic E-state index is 0.354. The molecule has 1 aromatic heterocycles. The number of rotatable bonds is 3. The van der Waals surface area contributed by atoms with Gasteiger partial charge >= 0.3 is 0 Å². The summed E-state index contributed by atoms with van der Waals surface area (Å²) in [5.74, 6) is 1.99. The monoisotopic (exact) mass is 181 g/mol. The summed E-state index contributed by atoms with van der Waals surface area (Å²) in [6, 6.07) is 0. The third kappa shape index (κ3) is 1.58. The maximum absolute atomic E-state index is 5.39. The third-order valence-electron chi connectivity index (χ3n) is 2.66. The van der Waals surface area contributed by atoms with Gasteiger partial charge in [0, 0.05) is 12.3 Å². The first-order chi connectivity index (χ1) is 6.13. The lowest BCUT2D eigenvalue weighted by molar-refractivity contribution is 0.363. The van der Waals surface area contributed by atoms with Crippen molar-refractivity contribution in [1.29, 1.82) is 0 Å². The average molecular weight is 181 g/mol. The quantitative estimate of drug-likeness (QED) is 0.758. The highest BCUT2D eigenvalue weighted by Crippen LogP contribution is 2.57. The molecular weight excluding hydrogens is 166 g/mol. The van der Waals surface area contributed by atoms with Crippen LogP contribution in [-0.2, 0) is 6.42 Å². The number of hydrogen-bond acceptors (Lipinski definition) is 4. The molecule has 1 aliphatic carbocycles. The minimum Gasteiger partial charge on any atom is -0.339 e. The number of nitrogens with two attached hydrogens (primary N) is 1. The van der Waals surface area contributed by atoms with E-state index >= 15 is 0 Å². The SMILES string of the molecule is CC1(C)CC1c1nc(CCN)no1. The van der Waals surface area contributed by atoms with Crippen molar-refractivity contribution < 1.29 is 4.52 Å². The topological polar surface area (TPSA) is 64.9 Å². The summed E-state index contributed by atoms with van der Waals surface area (Å²) in [6.07, 6.45) is 1.86. The summed E-state index contributed by atoms with van der Waals surface area (Å²) in [4.78, 5) is 4.30. The number of nitrogens with zero attached hydrogens (tertiary/aromatic N) is 2. The molecule has 1 unspecified atom stereocenters. The van der Waals surface area contributed by atoms with Crippen molar-refractivity contribution in [3.05, 3.63) is 11.7 Å². The summed E-state index contributed by atoms with van der Waals surface area (Å²) >= 11 is 0. The van der Waals surface area contributed by atoms with E-state index in [4.69, 9.17) is 10.3 Å². The molecule has 4 nitrogen and oxygen atoms in total. The Kier molecular flexibility index (Phi) is 1.87. The highest BCUT2D eigenvalue weighted by atomic mass is 16.5. The van der Waals surface area contributed by atoms with Gasteiger partial charge in [-0.05, 0) is 18.4 Å². The first kappa shape index (κ1) is 8.69. The molecule has 1 atom stereocenters. The molecule has 0 saturated heterocycles. The fourth-order valence-electron chi connectivity index (χ4n) is 1.53. The summed E-state index contributed by atoms with van der Waals surface area (Å²) in [5.41, 5.74) is 5.75. The zero-order valence-corrected chi connectivity index (χ0v) is 8.08. The van der Waals surface area contributed by atoms with Crippen molar-refractivity contribution in [2.75, 3.05) is 6.54 Å². The second-order valence-electron chi connectivity index (χ2n) is 4.33. The fourth-order valence-corrected chi connectivity index (χ4v) is 1.53. The molecule has 1 saturated carbocycles. The normalized spacial score (nSPS) is 24.7. The van der Waals surface area contributed by atoms with E-state index in [-0.39, 0.29) is 0 Å². The zero-order valence-electron chi connectivity index (χ0n) is 8.08. The largest absolute Gasteiger partial charge is 0.339 e. The Labute approximate surface area is 77.5 Å². The van der Waals surface area contributed by atoms with E-state index in [0.29, 0.717) is 24.3 Å². The predicted octanol–water partition coefficient (Wildman–Crippen LogP) is 1.08. The van der Waals surface area contributed by atoms with Gasteiger partial charge in [0.05, 0.1) is 0 Å². The first-order valence-corrected chi connectivity index (χ1v) is 4.66. The third-order valence-corrected chi connectivity index (χ3v) is 2.66. The summed E-state index contributed by atoms with van der Waals surface area (Å²) < 4.78 is 5.16. The molecule has 0 amide bonds. The molecule has 0 bridgehead atoms. The maximum Gasteiger partial charge on any atom is 0.230 e. The fraction of sp³-hybridized carbons (Fsp3) is 0.778. The van der Waals surface area contributed by atoms with Gasteiger partial charge in [0.2, 0.25) is 5.89 Å². The number of hydrogen-bond donors (Lipinski definition) is 1. The Bertz CT molecular complexity index is 306. The van der Waals surface area contributed by atoms with Gasteiger partial charge in [-0.15, -0.1) is 0 Å². The van der Waals surface area contributed by atoms with Crippen molar-refractivity contribution >= 4 is 0 Å². The average Bonchev–Trinajstić information content (AvgIpc) is 2.52. The molecule has 2 rings (SSSR count). The smallest absolute Gasteiger partial charge is 0.230 e. The Morgan fingerprint density at radius 1 is 1.62 bits per heavy atom. The molecule has 2 N–H and O–H groups in total. The molecule has 1 fully saturated rings. The first-order valence-electron chi connectivity index (χ1n) is 4.66. The van der Waals surface area contributed by atoms with E-state index in [2.05, 4.69) is 24.0 Å². The Morgan fingerprint density at radius 3 is 2.85 bits per heavy atom. The van der Waals surface area contributed by atoms with Crippen LogP contribution in [0.5, 0.6) is 0 Å². The van der Waals surface area contributed by atoms with Crippen LogP contribution in [0.4, 0.5) is 0 Å². The van der Waals surface area contributed by atoms with E-state index < -0.39 is 0 Å². The van der Waals surface area contributed by atoms with Crippen molar-refractivity contribution in [2.45, 2.75) is 32.6 Å². The summed E-state index contributed by atoms with van der Waals surface area (Å²) in [7, 11) is 0. The lowest BCUT2D eigenvalue weighted by atomic mass is 10.1. The highest BCUT2D eigenvalue weighted by molar-refractivity contribution is 5.12. The summed E-state index contributed by atoms with van der Waals surface area (Å²) in [5, 5.41) is 3.87. The van der Waals surface area contributed by atoms with E-state index in [1.807, 2.05) is 0 Å². The maximum atomic E-state index is 5.39. The molecule has 1 heterocycles. The lowest BCUT2D eigenvalue weighted by Crippen LogP contribution is -2.04. The minimum absolute atomic E-state index is 0.354. The van der Waals surface area contributed by atoms with Crippen LogP contribution in [0.15, 0.2) is 4.52 Å². The van der Waals surface area contributed by atoms with Crippen LogP contribution in [0.1, 0.15) is 37.9 Å². The standard InChI is InChI=1S/C9H15N3O/c1-9(2)5-6(9)8-11-7(3-4-10)12-13-8/h6H,3-5,10H2,1-2H3.